The van der Waals surface area contributed by atoms with Crippen LogP contribution in [0.15, 0.2) is 17.3 Å². The maximum atomic E-state index is 11.8. The van der Waals surface area contributed by atoms with E-state index in [9.17, 15) is 8.42 Å². The van der Waals surface area contributed by atoms with Gasteiger partial charge >= 0.3 is 0 Å². The lowest BCUT2D eigenvalue weighted by atomic mass is 10.4. The van der Waals surface area contributed by atoms with Gasteiger partial charge in [0.25, 0.3) is 0 Å². The number of hydrogen-bond acceptors (Lipinski definition) is 4. The van der Waals surface area contributed by atoms with Crippen LogP contribution in [0.2, 0.25) is 0 Å². The van der Waals surface area contributed by atoms with E-state index in [1.165, 1.54) is 16.7 Å². The first-order valence-corrected chi connectivity index (χ1v) is 6.12. The van der Waals surface area contributed by atoms with Crippen molar-refractivity contribution in [1.29, 1.82) is 0 Å². The van der Waals surface area contributed by atoms with Crippen LogP contribution >= 0.6 is 0 Å². The standard InChI is InChI=1S/C8H16N4O2S/c1-9-4-3-5-12(2)15(13,14)8-6-10-11-7-8/h6-7,9H,3-5H2,1-2H3,(H,10,11). The topological polar surface area (TPSA) is 78.1 Å². The Kier molecular flexibility index (Phi) is 4.25. The molecule has 0 aromatic carbocycles. The summed E-state index contributed by atoms with van der Waals surface area (Å²) in [7, 11) is 0.0410. The second kappa shape index (κ2) is 5.24. The Bertz CT molecular complexity index is 373. The largest absolute Gasteiger partial charge is 0.320 e. The van der Waals surface area contributed by atoms with E-state index in [1.807, 2.05) is 7.05 Å². The van der Waals surface area contributed by atoms with Crippen LogP contribution in [0.3, 0.4) is 0 Å². The number of nitrogens with one attached hydrogen (secondary N) is 2. The lowest BCUT2D eigenvalue weighted by Gasteiger charge is -2.15. The molecule has 0 fully saturated rings. The summed E-state index contributed by atoms with van der Waals surface area (Å²) < 4.78 is 25.0. The highest BCUT2D eigenvalue weighted by Crippen LogP contribution is 2.11. The summed E-state index contributed by atoms with van der Waals surface area (Å²) >= 11 is 0. The maximum Gasteiger partial charge on any atom is 0.245 e. The third-order valence-corrected chi connectivity index (χ3v) is 3.90. The lowest BCUT2D eigenvalue weighted by Crippen LogP contribution is -2.29. The second-order valence-electron chi connectivity index (χ2n) is 3.22. The van der Waals surface area contributed by atoms with Crippen LogP contribution in [0.4, 0.5) is 0 Å². The van der Waals surface area contributed by atoms with Crippen molar-refractivity contribution in [2.75, 3.05) is 27.2 Å². The predicted molar refractivity (Wildman–Crippen MR) is 56.9 cm³/mol. The minimum atomic E-state index is -3.36. The smallest absolute Gasteiger partial charge is 0.245 e. The molecule has 0 aliphatic heterocycles. The van der Waals surface area contributed by atoms with Gasteiger partial charge in [-0.3, -0.25) is 5.10 Å². The zero-order valence-corrected chi connectivity index (χ0v) is 9.71. The van der Waals surface area contributed by atoms with Crippen molar-refractivity contribution in [3.8, 4) is 0 Å². The van der Waals surface area contributed by atoms with Gasteiger partial charge in [-0.25, -0.2) is 12.7 Å². The molecule has 0 atom stereocenters. The average Bonchev–Trinajstić information content (AvgIpc) is 2.71. The molecule has 1 heterocycles. The van der Waals surface area contributed by atoms with Gasteiger partial charge < -0.3 is 5.32 Å². The summed E-state index contributed by atoms with van der Waals surface area (Å²) in [5.41, 5.74) is 0. The Morgan fingerprint density at radius 3 is 2.87 bits per heavy atom. The zero-order valence-electron chi connectivity index (χ0n) is 8.90. The SMILES string of the molecule is CNCCCN(C)S(=O)(=O)c1cn[nH]c1. The monoisotopic (exact) mass is 232 g/mol. The molecule has 0 unspecified atom stereocenters. The summed E-state index contributed by atoms with van der Waals surface area (Å²) in [6, 6.07) is 0. The van der Waals surface area contributed by atoms with Gasteiger partial charge in [0.15, 0.2) is 0 Å². The molecule has 0 aliphatic rings. The molecule has 0 saturated heterocycles. The molecule has 0 aliphatic carbocycles. The van der Waals surface area contributed by atoms with Crippen molar-refractivity contribution in [1.82, 2.24) is 19.8 Å². The first-order valence-electron chi connectivity index (χ1n) is 4.68. The molecule has 0 radical (unpaired) electrons. The summed E-state index contributed by atoms with van der Waals surface area (Å²) in [5.74, 6) is 0. The Morgan fingerprint density at radius 2 is 2.33 bits per heavy atom. The molecule has 7 heteroatoms. The van der Waals surface area contributed by atoms with Crippen molar-refractivity contribution < 1.29 is 8.42 Å². The van der Waals surface area contributed by atoms with Gasteiger partial charge in [-0.05, 0) is 20.0 Å². The fraction of sp³-hybridized carbons (Fsp3) is 0.625. The summed E-state index contributed by atoms with van der Waals surface area (Å²) in [6.45, 7) is 1.29. The van der Waals surface area contributed by atoms with E-state index in [-0.39, 0.29) is 4.90 Å². The molecule has 1 rings (SSSR count). The fourth-order valence-corrected chi connectivity index (χ4v) is 2.28. The summed E-state index contributed by atoms with van der Waals surface area (Å²) in [6.07, 6.45) is 3.47. The molecular formula is C8H16N4O2S. The summed E-state index contributed by atoms with van der Waals surface area (Å²) in [5, 5.41) is 9.08. The van der Waals surface area contributed by atoms with Crippen molar-refractivity contribution in [3.05, 3.63) is 12.4 Å². The number of rotatable bonds is 6. The highest BCUT2D eigenvalue weighted by atomic mass is 32.2. The van der Waals surface area contributed by atoms with Crippen LogP contribution in [0, 0.1) is 0 Å². The van der Waals surface area contributed by atoms with Crippen molar-refractivity contribution >= 4 is 10.0 Å². The number of hydrogen-bond donors (Lipinski definition) is 2. The third kappa shape index (κ3) is 3.01. The molecule has 6 nitrogen and oxygen atoms in total. The van der Waals surface area contributed by atoms with E-state index in [4.69, 9.17) is 0 Å². The van der Waals surface area contributed by atoms with Gasteiger partial charge in [-0.1, -0.05) is 0 Å². The van der Waals surface area contributed by atoms with E-state index in [0.29, 0.717) is 6.54 Å². The Morgan fingerprint density at radius 1 is 1.60 bits per heavy atom. The highest BCUT2D eigenvalue weighted by molar-refractivity contribution is 7.89. The first-order chi connectivity index (χ1) is 7.09. The number of aromatic amines is 1. The number of H-pyrrole nitrogens is 1. The number of sulfonamides is 1. The lowest BCUT2D eigenvalue weighted by molar-refractivity contribution is 0.458. The minimum absolute atomic E-state index is 0.203. The van der Waals surface area contributed by atoms with Crippen molar-refractivity contribution in [2.45, 2.75) is 11.3 Å². The van der Waals surface area contributed by atoms with Gasteiger partial charge in [0.05, 0.1) is 6.20 Å². The van der Waals surface area contributed by atoms with Crippen LogP contribution in [-0.2, 0) is 10.0 Å². The Hall–Kier alpha value is -0.920. The molecular weight excluding hydrogens is 216 g/mol. The molecule has 2 N–H and O–H groups in total. The van der Waals surface area contributed by atoms with Gasteiger partial charge in [0.2, 0.25) is 10.0 Å². The molecule has 1 aromatic rings. The first kappa shape index (κ1) is 12.2. The van der Waals surface area contributed by atoms with E-state index in [2.05, 4.69) is 15.5 Å². The number of aromatic nitrogens is 2. The van der Waals surface area contributed by atoms with Crippen molar-refractivity contribution in [2.24, 2.45) is 0 Å². The molecule has 15 heavy (non-hydrogen) atoms. The van der Waals surface area contributed by atoms with E-state index in [0.717, 1.165) is 13.0 Å². The maximum absolute atomic E-state index is 11.8. The van der Waals surface area contributed by atoms with E-state index < -0.39 is 10.0 Å². The molecule has 0 amide bonds. The quantitative estimate of drug-likeness (QED) is 0.657. The second-order valence-corrected chi connectivity index (χ2v) is 5.26. The van der Waals surface area contributed by atoms with Gasteiger partial charge in [-0.2, -0.15) is 5.10 Å². The number of nitrogens with zero attached hydrogens (tertiary/aromatic N) is 2. The van der Waals surface area contributed by atoms with Crippen molar-refractivity contribution in [3.63, 3.8) is 0 Å². The fourth-order valence-electron chi connectivity index (χ4n) is 1.16. The van der Waals surface area contributed by atoms with E-state index in [1.54, 1.807) is 7.05 Å². The van der Waals surface area contributed by atoms with Gasteiger partial charge in [0, 0.05) is 19.8 Å². The van der Waals surface area contributed by atoms with Crippen LogP contribution in [0.1, 0.15) is 6.42 Å². The molecule has 0 bridgehead atoms. The van der Waals surface area contributed by atoms with Crippen LogP contribution in [-0.4, -0.2) is 50.1 Å². The van der Waals surface area contributed by atoms with Crippen LogP contribution in [0.25, 0.3) is 0 Å². The minimum Gasteiger partial charge on any atom is -0.320 e. The van der Waals surface area contributed by atoms with Gasteiger partial charge in [0.1, 0.15) is 4.90 Å². The Labute approximate surface area is 89.7 Å². The van der Waals surface area contributed by atoms with E-state index >= 15 is 0 Å². The highest BCUT2D eigenvalue weighted by Gasteiger charge is 2.20. The van der Waals surface area contributed by atoms with Crippen LogP contribution < -0.4 is 5.32 Å². The predicted octanol–water partition coefficient (Wildman–Crippen LogP) is -0.360. The van der Waals surface area contributed by atoms with Gasteiger partial charge in [-0.15, -0.1) is 0 Å². The molecule has 1 aromatic heterocycles. The molecule has 0 spiro atoms. The zero-order chi connectivity index (χ0) is 11.3. The Balaban J connectivity index is 2.62. The molecule has 0 saturated carbocycles. The molecule has 86 valence electrons. The normalized spacial score (nSPS) is 12.2. The summed E-state index contributed by atoms with van der Waals surface area (Å²) in [4.78, 5) is 0.203. The third-order valence-electron chi connectivity index (χ3n) is 2.08. The average molecular weight is 232 g/mol. The van der Waals surface area contributed by atoms with Crippen LogP contribution in [0.5, 0.6) is 0 Å².